The standard InChI is InChI=1S/C30H17BrClNO/c31-24-14-2-4-17-27(24)33-26-16-3-1-8-18(26)19-9-5-10-20(28(19)33)21-11-6-12-22-23-13-7-15-25(32)30(23)34-29(21)22/h1-17H. The van der Waals surface area contributed by atoms with Gasteiger partial charge in [0.2, 0.25) is 0 Å². The molecule has 0 aliphatic heterocycles. The van der Waals surface area contributed by atoms with Crippen LogP contribution >= 0.6 is 27.5 Å². The van der Waals surface area contributed by atoms with Crippen LogP contribution in [0.5, 0.6) is 0 Å². The summed E-state index contributed by atoms with van der Waals surface area (Å²) in [5, 5.41) is 5.14. The van der Waals surface area contributed by atoms with Gasteiger partial charge in [0.05, 0.1) is 21.7 Å². The summed E-state index contributed by atoms with van der Waals surface area (Å²) in [6, 6.07) is 35.7. The Labute approximate surface area is 209 Å². The quantitative estimate of drug-likeness (QED) is 0.221. The molecule has 7 aromatic rings. The molecule has 2 nitrogen and oxygen atoms in total. The van der Waals surface area contributed by atoms with Gasteiger partial charge >= 0.3 is 0 Å². The third-order valence-corrected chi connectivity index (χ3v) is 7.52. The summed E-state index contributed by atoms with van der Waals surface area (Å²) in [4.78, 5) is 0. The van der Waals surface area contributed by atoms with Gasteiger partial charge in [0.15, 0.2) is 5.58 Å². The third-order valence-electron chi connectivity index (χ3n) is 6.55. The van der Waals surface area contributed by atoms with E-state index in [-0.39, 0.29) is 0 Å². The topological polar surface area (TPSA) is 18.1 Å². The molecule has 0 unspecified atom stereocenters. The fourth-order valence-electron chi connectivity index (χ4n) is 5.12. The van der Waals surface area contributed by atoms with Crippen molar-refractivity contribution in [1.29, 1.82) is 0 Å². The Balaban J connectivity index is 1.67. The molecular weight excluding hydrogens is 506 g/mol. The lowest BCUT2D eigenvalue weighted by Crippen LogP contribution is -1.96. The molecule has 34 heavy (non-hydrogen) atoms. The van der Waals surface area contributed by atoms with Crippen LogP contribution in [0.25, 0.3) is 60.6 Å². The summed E-state index contributed by atoms with van der Waals surface area (Å²) >= 11 is 10.3. The van der Waals surface area contributed by atoms with Crippen LogP contribution in [0.3, 0.4) is 0 Å². The van der Waals surface area contributed by atoms with Gasteiger partial charge in [-0.05, 0) is 40.2 Å². The van der Waals surface area contributed by atoms with Crippen LogP contribution in [0.1, 0.15) is 0 Å². The number of nitrogens with zero attached hydrogens (tertiary/aromatic N) is 1. The molecule has 0 spiro atoms. The number of hydrogen-bond donors (Lipinski definition) is 0. The van der Waals surface area contributed by atoms with E-state index < -0.39 is 0 Å². The first-order valence-electron chi connectivity index (χ1n) is 11.1. The molecule has 0 aliphatic carbocycles. The van der Waals surface area contributed by atoms with Crippen molar-refractivity contribution >= 4 is 71.3 Å². The Hall–Kier alpha value is -3.53. The van der Waals surface area contributed by atoms with E-state index in [0.717, 1.165) is 54.3 Å². The minimum absolute atomic E-state index is 0.625. The van der Waals surface area contributed by atoms with Gasteiger partial charge in [-0.1, -0.05) is 90.5 Å². The number of benzene rings is 5. The number of aromatic nitrogens is 1. The van der Waals surface area contributed by atoms with E-state index in [1.165, 1.54) is 10.8 Å². The molecule has 7 rings (SSSR count). The van der Waals surface area contributed by atoms with E-state index in [1.54, 1.807) is 0 Å². The molecule has 0 amide bonds. The number of furan rings is 1. The van der Waals surface area contributed by atoms with E-state index in [1.807, 2.05) is 18.2 Å². The predicted octanol–water partition coefficient (Wildman–Crippen LogP) is 9.77. The lowest BCUT2D eigenvalue weighted by molar-refractivity contribution is 0.670. The molecular formula is C30H17BrClNO. The number of halogens is 2. The molecule has 5 aromatic carbocycles. The summed E-state index contributed by atoms with van der Waals surface area (Å²) in [5.74, 6) is 0. The van der Waals surface area contributed by atoms with Gasteiger partial charge in [-0.15, -0.1) is 0 Å². The maximum absolute atomic E-state index is 6.49. The van der Waals surface area contributed by atoms with Crippen LogP contribution in [0, 0.1) is 0 Å². The molecule has 0 N–H and O–H groups in total. The normalized spacial score (nSPS) is 11.8. The summed E-state index contributed by atoms with van der Waals surface area (Å²) in [6.07, 6.45) is 0. The molecule has 0 bridgehead atoms. The molecule has 0 aliphatic rings. The zero-order valence-corrected chi connectivity index (χ0v) is 20.3. The Bertz CT molecular complexity index is 1900. The highest BCUT2D eigenvalue weighted by Crippen LogP contribution is 2.43. The average molecular weight is 523 g/mol. The highest BCUT2D eigenvalue weighted by molar-refractivity contribution is 9.10. The van der Waals surface area contributed by atoms with Crippen LogP contribution in [-0.4, -0.2) is 4.57 Å². The summed E-state index contributed by atoms with van der Waals surface area (Å²) in [7, 11) is 0. The third kappa shape index (κ3) is 2.74. The largest absolute Gasteiger partial charge is 0.454 e. The smallest absolute Gasteiger partial charge is 0.154 e. The number of hydrogen-bond acceptors (Lipinski definition) is 1. The molecule has 0 saturated carbocycles. The van der Waals surface area contributed by atoms with Crippen LogP contribution in [0.2, 0.25) is 5.02 Å². The molecule has 0 saturated heterocycles. The first kappa shape index (κ1) is 19.9. The average Bonchev–Trinajstić information content (AvgIpc) is 3.42. The molecule has 0 fully saturated rings. The van der Waals surface area contributed by atoms with E-state index in [0.29, 0.717) is 5.02 Å². The zero-order chi connectivity index (χ0) is 22.8. The Morgan fingerprint density at radius 1 is 0.588 bits per heavy atom. The minimum atomic E-state index is 0.625. The Morgan fingerprint density at radius 2 is 1.24 bits per heavy atom. The number of rotatable bonds is 2. The van der Waals surface area contributed by atoms with Crippen molar-refractivity contribution in [3.8, 4) is 16.8 Å². The summed E-state index contributed by atoms with van der Waals surface area (Å²) in [6.45, 7) is 0. The van der Waals surface area contributed by atoms with Crippen LogP contribution in [-0.2, 0) is 0 Å². The number of fused-ring (bicyclic) bond motifs is 6. The van der Waals surface area contributed by atoms with Gasteiger partial charge in [-0.25, -0.2) is 0 Å². The van der Waals surface area contributed by atoms with E-state index in [4.69, 9.17) is 16.0 Å². The summed E-state index contributed by atoms with van der Waals surface area (Å²) < 4.78 is 9.80. The zero-order valence-electron chi connectivity index (χ0n) is 17.9. The van der Waals surface area contributed by atoms with E-state index in [2.05, 4.69) is 105 Å². The molecule has 4 heteroatoms. The predicted molar refractivity (Wildman–Crippen MR) is 146 cm³/mol. The molecule has 0 radical (unpaired) electrons. The van der Waals surface area contributed by atoms with Crippen molar-refractivity contribution in [2.75, 3.05) is 0 Å². The van der Waals surface area contributed by atoms with Crippen molar-refractivity contribution < 1.29 is 4.42 Å². The second-order valence-corrected chi connectivity index (χ2v) is 9.67. The maximum Gasteiger partial charge on any atom is 0.154 e. The molecule has 2 aromatic heterocycles. The highest BCUT2D eigenvalue weighted by atomic mass is 79.9. The Morgan fingerprint density at radius 3 is 2.09 bits per heavy atom. The van der Waals surface area contributed by atoms with Crippen LogP contribution in [0.4, 0.5) is 0 Å². The first-order chi connectivity index (χ1) is 16.7. The van der Waals surface area contributed by atoms with E-state index in [9.17, 15) is 0 Å². The summed E-state index contributed by atoms with van der Waals surface area (Å²) in [5.41, 5.74) is 7.15. The van der Waals surface area contributed by atoms with E-state index >= 15 is 0 Å². The molecule has 2 heterocycles. The monoisotopic (exact) mass is 521 g/mol. The van der Waals surface area contributed by atoms with Crippen LogP contribution < -0.4 is 0 Å². The van der Waals surface area contributed by atoms with Gasteiger partial charge in [-0.2, -0.15) is 0 Å². The lowest BCUT2D eigenvalue weighted by atomic mass is 9.99. The molecule has 0 atom stereocenters. The Kier molecular flexibility index (Phi) is 4.38. The van der Waals surface area contributed by atoms with Crippen molar-refractivity contribution in [2.24, 2.45) is 0 Å². The maximum atomic E-state index is 6.49. The van der Waals surface area contributed by atoms with Gasteiger partial charge in [0.1, 0.15) is 5.58 Å². The minimum Gasteiger partial charge on any atom is -0.454 e. The lowest BCUT2D eigenvalue weighted by Gasteiger charge is -2.13. The van der Waals surface area contributed by atoms with Crippen LogP contribution in [0.15, 0.2) is 112 Å². The van der Waals surface area contributed by atoms with Crippen molar-refractivity contribution in [3.05, 3.63) is 113 Å². The van der Waals surface area contributed by atoms with Gasteiger partial charge < -0.3 is 8.98 Å². The fraction of sp³-hybridized carbons (Fsp3) is 0. The number of para-hydroxylation sites is 5. The van der Waals surface area contributed by atoms with Crippen molar-refractivity contribution in [2.45, 2.75) is 0 Å². The second-order valence-electron chi connectivity index (χ2n) is 8.41. The molecule has 162 valence electrons. The highest BCUT2D eigenvalue weighted by Gasteiger charge is 2.20. The van der Waals surface area contributed by atoms with Crippen molar-refractivity contribution in [3.63, 3.8) is 0 Å². The second kappa shape index (κ2) is 7.49. The van der Waals surface area contributed by atoms with Crippen molar-refractivity contribution in [1.82, 2.24) is 4.57 Å². The van der Waals surface area contributed by atoms with Gasteiger partial charge in [0.25, 0.3) is 0 Å². The fourth-order valence-corrected chi connectivity index (χ4v) is 5.79. The first-order valence-corrected chi connectivity index (χ1v) is 12.3. The van der Waals surface area contributed by atoms with Gasteiger partial charge in [0, 0.05) is 37.1 Å². The van der Waals surface area contributed by atoms with Gasteiger partial charge in [-0.3, -0.25) is 0 Å². The SMILES string of the molecule is Clc1cccc2c1oc1c(-c3cccc4c5ccccc5n(-c5ccccc5Br)c34)cccc12.